The number of rotatable bonds is 4. The lowest BCUT2D eigenvalue weighted by atomic mass is 9.81. The van der Waals surface area contributed by atoms with Crippen LogP contribution in [0.5, 0.6) is 0 Å². The molecule has 0 saturated heterocycles. The first-order valence-corrected chi connectivity index (χ1v) is 6.16. The maximum atomic E-state index is 11.9. The largest absolute Gasteiger partial charge is 0.467 e. The molecular formula is C12H22N2O3. The van der Waals surface area contributed by atoms with Gasteiger partial charge in [0.2, 0.25) is 5.91 Å². The van der Waals surface area contributed by atoms with Gasteiger partial charge in [-0.3, -0.25) is 4.79 Å². The molecule has 1 rings (SSSR count). The number of ether oxygens (including phenoxy) is 1. The molecule has 0 heterocycles. The van der Waals surface area contributed by atoms with Gasteiger partial charge in [-0.2, -0.15) is 0 Å². The van der Waals surface area contributed by atoms with Gasteiger partial charge in [0.05, 0.1) is 7.11 Å². The summed E-state index contributed by atoms with van der Waals surface area (Å²) in [6.45, 7) is 2.34. The van der Waals surface area contributed by atoms with Crippen molar-refractivity contribution >= 4 is 11.9 Å². The van der Waals surface area contributed by atoms with Crippen LogP contribution in [0.1, 0.15) is 32.6 Å². The van der Waals surface area contributed by atoms with Gasteiger partial charge in [0.15, 0.2) is 0 Å². The van der Waals surface area contributed by atoms with Crippen LogP contribution >= 0.6 is 0 Å². The van der Waals surface area contributed by atoms with E-state index in [1.54, 1.807) is 6.92 Å². The molecule has 0 bridgehead atoms. The third kappa shape index (κ3) is 4.00. The fourth-order valence-corrected chi connectivity index (χ4v) is 2.23. The maximum absolute atomic E-state index is 11.9. The van der Waals surface area contributed by atoms with E-state index in [0.29, 0.717) is 12.5 Å². The standard InChI is InChI=1S/C12H22N2O3/c1-8(12(16)17-2)14-11(15)10-5-3-9(7-13)4-6-10/h8-10H,3-7,13H2,1-2H3,(H,14,15). The van der Waals surface area contributed by atoms with Crippen LogP contribution < -0.4 is 11.1 Å². The summed E-state index contributed by atoms with van der Waals surface area (Å²) in [6, 6.07) is -0.570. The van der Waals surface area contributed by atoms with E-state index in [4.69, 9.17) is 5.73 Å². The Hall–Kier alpha value is -1.10. The molecule has 1 amide bonds. The van der Waals surface area contributed by atoms with Gasteiger partial charge in [0.25, 0.3) is 0 Å². The first-order chi connectivity index (χ1) is 8.08. The minimum Gasteiger partial charge on any atom is -0.467 e. The number of nitrogens with two attached hydrogens (primary N) is 1. The van der Waals surface area contributed by atoms with Crippen LogP contribution in [-0.2, 0) is 14.3 Å². The van der Waals surface area contributed by atoms with Gasteiger partial charge in [-0.25, -0.2) is 4.79 Å². The summed E-state index contributed by atoms with van der Waals surface area (Å²) in [5.41, 5.74) is 5.60. The van der Waals surface area contributed by atoms with Crippen LogP contribution in [0.3, 0.4) is 0 Å². The smallest absolute Gasteiger partial charge is 0.328 e. The van der Waals surface area contributed by atoms with E-state index in [1.807, 2.05) is 0 Å². The molecule has 5 nitrogen and oxygen atoms in total. The van der Waals surface area contributed by atoms with Crippen LogP contribution in [0, 0.1) is 11.8 Å². The second kappa shape index (κ2) is 6.59. The molecule has 0 aromatic carbocycles. The predicted octanol–water partition coefficient (Wildman–Crippen LogP) is 0.429. The van der Waals surface area contributed by atoms with Crippen molar-refractivity contribution in [2.75, 3.05) is 13.7 Å². The van der Waals surface area contributed by atoms with Crippen molar-refractivity contribution < 1.29 is 14.3 Å². The SMILES string of the molecule is COC(=O)C(C)NC(=O)C1CCC(CN)CC1. The molecule has 1 aliphatic carbocycles. The summed E-state index contributed by atoms with van der Waals surface area (Å²) in [6.07, 6.45) is 3.73. The first-order valence-electron chi connectivity index (χ1n) is 6.16. The Morgan fingerprint density at radius 2 is 1.94 bits per heavy atom. The van der Waals surface area contributed by atoms with Crippen LogP contribution in [0.25, 0.3) is 0 Å². The van der Waals surface area contributed by atoms with Crippen molar-refractivity contribution in [1.29, 1.82) is 0 Å². The van der Waals surface area contributed by atoms with E-state index in [0.717, 1.165) is 25.7 Å². The molecule has 17 heavy (non-hydrogen) atoms. The van der Waals surface area contributed by atoms with Crippen LogP contribution in [-0.4, -0.2) is 31.6 Å². The van der Waals surface area contributed by atoms with Gasteiger partial charge in [0, 0.05) is 5.92 Å². The van der Waals surface area contributed by atoms with Gasteiger partial charge in [0.1, 0.15) is 6.04 Å². The summed E-state index contributed by atoms with van der Waals surface area (Å²) < 4.78 is 4.56. The molecule has 98 valence electrons. The molecule has 0 radical (unpaired) electrons. The molecule has 0 aromatic heterocycles. The van der Waals surface area contributed by atoms with E-state index in [2.05, 4.69) is 10.1 Å². The average Bonchev–Trinajstić information content (AvgIpc) is 2.37. The predicted molar refractivity (Wildman–Crippen MR) is 64.1 cm³/mol. The first kappa shape index (κ1) is 14.0. The number of carbonyl (C=O) groups excluding carboxylic acids is 2. The van der Waals surface area contributed by atoms with E-state index >= 15 is 0 Å². The van der Waals surface area contributed by atoms with Gasteiger partial charge in [-0.05, 0) is 45.1 Å². The minimum absolute atomic E-state index is 0.0184. The Labute approximate surface area is 102 Å². The van der Waals surface area contributed by atoms with E-state index in [9.17, 15) is 9.59 Å². The number of esters is 1. The number of hydrogen-bond donors (Lipinski definition) is 2. The maximum Gasteiger partial charge on any atom is 0.328 e. The molecule has 0 aliphatic heterocycles. The highest BCUT2D eigenvalue weighted by atomic mass is 16.5. The van der Waals surface area contributed by atoms with Crippen LogP contribution in [0.4, 0.5) is 0 Å². The molecular weight excluding hydrogens is 220 g/mol. The van der Waals surface area contributed by atoms with Crippen molar-refractivity contribution in [3.8, 4) is 0 Å². The van der Waals surface area contributed by atoms with Gasteiger partial charge < -0.3 is 15.8 Å². The minimum atomic E-state index is -0.570. The Kier molecular flexibility index (Phi) is 5.41. The number of nitrogens with one attached hydrogen (secondary N) is 1. The highest BCUT2D eigenvalue weighted by molar-refractivity contribution is 5.85. The van der Waals surface area contributed by atoms with E-state index < -0.39 is 12.0 Å². The average molecular weight is 242 g/mol. The third-order valence-electron chi connectivity index (χ3n) is 3.46. The Morgan fingerprint density at radius 1 is 1.35 bits per heavy atom. The Balaban J connectivity index is 2.36. The number of carbonyl (C=O) groups is 2. The molecule has 1 atom stereocenters. The quantitative estimate of drug-likeness (QED) is 0.700. The lowest BCUT2D eigenvalue weighted by molar-refractivity contribution is -0.145. The number of methoxy groups -OCH3 is 1. The summed E-state index contributed by atoms with van der Waals surface area (Å²) in [5.74, 6) is 0.120. The van der Waals surface area contributed by atoms with Crippen molar-refractivity contribution in [2.45, 2.75) is 38.6 Å². The molecule has 1 fully saturated rings. The highest BCUT2D eigenvalue weighted by Crippen LogP contribution is 2.28. The van der Waals surface area contributed by atoms with Gasteiger partial charge in [-0.1, -0.05) is 0 Å². The second-order valence-corrected chi connectivity index (χ2v) is 4.71. The lowest BCUT2D eigenvalue weighted by Gasteiger charge is -2.27. The fourth-order valence-electron chi connectivity index (χ4n) is 2.23. The zero-order valence-corrected chi connectivity index (χ0v) is 10.6. The number of amides is 1. The summed E-state index contributed by atoms with van der Waals surface area (Å²) in [7, 11) is 1.32. The van der Waals surface area contributed by atoms with Crippen molar-refractivity contribution in [2.24, 2.45) is 17.6 Å². The van der Waals surface area contributed by atoms with Crippen molar-refractivity contribution in [3.63, 3.8) is 0 Å². The normalized spacial score (nSPS) is 26.1. The molecule has 3 N–H and O–H groups in total. The summed E-state index contributed by atoms with van der Waals surface area (Å²) >= 11 is 0. The van der Waals surface area contributed by atoms with Gasteiger partial charge >= 0.3 is 5.97 Å². The second-order valence-electron chi connectivity index (χ2n) is 4.71. The zero-order chi connectivity index (χ0) is 12.8. The summed E-state index contributed by atoms with van der Waals surface area (Å²) in [5, 5.41) is 2.69. The third-order valence-corrected chi connectivity index (χ3v) is 3.46. The summed E-state index contributed by atoms with van der Waals surface area (Å²) in [4.78, 5) is 23.0. The molecule has 0 spiro atoms. The van der Waals surface area contributed by atoms with E-state index in [-0.39, 0.29) is 11.8 Å². The van der Waals surface area contributed by atoms with Crippen LogP contribution in [0.15, 0.2) is 0 Å². The Morgan fingerprint density at radius 3 is 2.41 bits per heavy atom. The Bertz CT molecular complexity index is 273. The zero-order valence-electron chi connectivity index (χ0n) is 10.6. The lowest BCUT2D eigenvalue weighted by Crippen LogP contribution is -2.43. The highest BCUT2D eigenvalue weighted by Gasteiger charge is 2.27. The van der Waals surface area contributed by atoms with Crippen molar-refractivity contribution in [3.05, 3.63) is 0 Å². The number of hydrogen-bond acceptors (Lipinski definition) is 4. The molecule has 1 saturated carbocycles. The molecule has 0 aromatic rings. The fraction of sp³-hybridized carbons (Fsp3) is 0.833. The topological polar surface area (TPSA) is 81.4 Å². The van der Waals surface area contributed by atoms with Gasteiger partial charge in [-0.15, -0.1) is 0 Å². The molecule has 1 aliphatic rings. The van der Waals surface area contributed by atoms with Crippen molar-refractivity contribution in [1.82, 2.24) is 5.32 Å². The van der Waals surface area contributed by atoms with Crippen LogP contribution in [0.2, 0.25) is 0 Å². The monoisotopic (exact) mass is 242 g/mol. The molecule has 1 unspecified atom stereocenters. The molecule has 5 heteroatoms. The van der Waals surface area contributed by atoms with E-state index in [1.165, 1.54) is 7.11 Å².